The molecule has 0 saturated heterocycles. The van der Waals surface area contributed by atoms with Gasteiger partial charge in [-0.2, -0.15) is 11.8 Å². The van der Waals surface area contributed by atoms with Crippen molar-refractivity contribution in [2.45, 2.75) is 5.75 Å². The van der Waals surface area contributed by atoms with E-state index in [-0.39, 0.29) is 18.4 Å². The average molecular weight is 334 g/mol. The number of nitrogens with one attached hydrogen (secondary N) is 2. The second kappa shape index (κ2) is 9.27. The van der Waals surface area contributed by atoms with Gasteiger partial charge in [-0.25, -0.2) is 0 Å². The average Bonchev–Trinajstić information content (AvgIpc) is 3.08. The highest BCUT2D eigenvalue weighted by Crippen LogP contribution is 2.10. The molecule has 0 aliphatic heterocycles. The van der Waals surface area contributed by atoms with E-state index in [2.05, 4.69) is 22.8 Å². The predicted molar refractivity (Wildman–Crippen MR) is 92.3 cm³/mol. The fourth-order valence-corrected chi connectivity index (χ4v) is 3.20. The van der Waals surface area contributed by atoms with Gasteiger partial charge in [-0.1, -0.05) is 36.4 Å². The van der Waals surface area contributed by atoms with Crippen LogP contribution in [0.5, 0.6) is 0 Å². The van der Waals surface area contributed by atoms with E-state index >= 15 is 0 Å². The van der Waals surface area contributed by atoms with Gasteiger partial charge in [0.25, 0.3) is 5.91 Å². The molecule has 4 nitrogen and oxygen atoms in total. The topological polar surface area (TPSA) is 58.2 Å². The molecule has 0 bridgehead atoms. The largest absolute Gasteiger partial charge is 0.354 e. The van der Waals surface area contributed by atoms with Crippen molar-refractivity contribution in [1.29, 1.82) is 0 Å². The molecule has 1 heterocycles. The number of benzene rings is 1. The second-order valence-corrected chi connectivity index (χ2v) is 6.60. The van der Waals surface area contributed by atoms with Crippen LogP contribution < -0.4 is 10.6 Å². The van der Waals surface area contributed by atoms with E-state index in [1.54, 1.807) is 17.8 Å². The van der Waals surface area contributed by atoms with E-state index in [0.717, 1.165) is 11.5 Å². The Balaban J connectivity index is 1.53. The smallest absolute Gasteiger partial charge is 0.261 e. The molecule has 1 aromatic carbocycles. The number of carbonyl (C=O) groups excluding carboxylic acids is 2. The minimum atomic E-state index is -0.205. The molecule has 2 rings (SSSR count). The van der Waals surface area contributed by atoms with Gasteiger partial charge in [0.2, 0.25) is 5.91 Å². The van der Waals surface area contributed by atoms with Crippen LogP contribution in [0, 0.1) is 0 Å². The van der Waals surface area contributed by atoms with Crippen molar-refractivity contribution >= 4 is 34.9 Å². The van der Waals surface area contributed by atoms with Gasteiger partial charge >= 0.3 is 0 Å². The van der Waals surface area contributed by atoms with Crippen LogP contribution >= 0.6 is 23.1 Å². The molecular weight excluding hydrogens is 316 g/mol. The number of hydrogen-bond acceptors (Lipinski definition) is 4. The normalized spacial score (nSPS) is 10.2. The van der Waals surface area contributed by atoms with Crippen molar-refractivity contribution in [2.75, 3.05) is 18.8 Å². The zero-order valence-corrected chi connectivity index (χ0v) is 13.7. The first-order valence-corrected chi connectivity index (χ1v) is 8.99. The van der Waals surface area contributed by atoms with Crippen molar-refractivity contribution in [3.63, 3.8) is 0 Å². The summed E-state index contributed by atoms with van der Waals surface area (Å²) in [7, 11) is 0. The summed E-state index contributed by atoms with van der Waals surface area (Å²) < 4.78 is 0. The maximum absolute atomic E-state index is 11.7. The maximum Gasteiger partial charge on any atom is 0.261 e. The van der Waals surface area contributed by atoms with E-state index in [0.29, 0.717) is 11.4 Å². The predicted octanol–water partition coefficient (Wildman–Crippen LogP) is 2.53. The molecule has 6 heteroatoms. The van der Waals surface area contributed by atoms with Crippen LogP contribution in [0.4, 0.5) is 0 Å². The quantitative estimate of drug-likeness (QED) is 0.729. The molecule has 0 atom stereocenters. The number of thiophene rings is 1. The molecule has 0 spiro atoms. The lowest BCUT2D eigenvalue weighted by molar-refractivity contribution is -0.120. The zero-order valence-electron chi connectivity index (χ0n) is 12.1. The summed E-state index contributed by atoms with van der Waals surface area (Å²) in [6, 6.07) is 13.8. The van der Waals surface area contributed by atoms with Gasteiger partial charge in [0.15, 0.2) is 0 Å². The van der Waals surface area contributed by atoms with E-state index in [1.807, 2.05) is 29.6 Å². The lowest BCUT2D eigenvalue weighted by Gasteiger charge is -2.06. The standard InChI is InChI=1S/C16H18N2O2S2/c19-15(11-18-16(20)14-7-4-9-22-14)17-8-10-21-12-13-5-2-1-3-6-13/h1-7,9H,8,10-12H2,(H,17,19)(H,18,20). The van der Waals surface area contributed by atoms with Crippen molar-refractivity contribution in [1.82, 2.24) is 10.6 Å². The fourth-order valence-electron chi connectivity index (χ4n) is 1.74. The first-order chi connectivity index (χ1) is 10.8. The summed E-state index contributed by atoms with van der Waals surface area (Å²) in [5.74, 6) is 1.42. The Morgan fingerprint density at radius 3 is 2.59 bits per heavy atom. The van der Waals surface area contributed by atoms with Crippen molar-refractivity contribution in [3.8, 4) is 0 Å². The molecule has 0 fully saturated rings. The van der Waals surface area contributed by atoms with E-state index in [9.17, 15) is 9.59 Å². The minimum Gasteiger partial charge on any atom is -0.354 e. The monoisotopic (exact) mass is 334 g/mol. The van der Waals surface area contributed by atoms with Gasteiger partial charge < -0.3 is 10.6 Å². The Hall–Kier alpha value is -1.79. The van der Waals surface area contributed by atoms with Gasteiger partial charge in [0.05, 0.1) is 11.4 Å². The highest BCUT2D eigenvalue weighted by Gasteiger charge is 2.08. The molecule has 22 heavy (non-hydrogen) atoms. The second-order valence-electron chi connectivity index (χ2n) is 4.55. The SMILES string of the molecule is O=C(CNC(=O)c1cccs1)NCCSCc1ccccc1. The lowest BCUT2D eigenvalue weighted by atomic mass is 10.2. The summed E-state index contributed by atoms with van der Waals surface area (Å²) in [5.41, 5.74) is 1.28. The highest BCUT2D eigenvalue weighted by molar-refractivity contribution is 7.98. The van der Waals surface area contributed by atoms with Crippen LogP contribution in [-0.2, 0) is 10.5 Å². The first-order valence-electron chi connectivity index (χ1n) is 6.96. The molecule has 0 saturated carbocycles. The third-order valence-electron chi connectivity index (χ3n) is 2.83. The van der Waals surface area contributed by atoms with Crippen molar-refractivity contribution < 1.29 is 9.59 Å². The van der Waals surface area contributed by atoms with Crippen LogP contribution in [0.1, 0.15) is 15.2 Å². The Labute approximate surface area is 138 Å². The molecule has 2 N–H and O–H groups in total. The van der Waals surface area contributed by atoms with Crippen LogP contribution in [0.25, 0.3) is 0 Å². The van der Waals surface area contributed by atoms with Gasteiger partial charge in [0.1, 0.15) is 0 Å². The lowest BCUT2D eigenvalue weighted by Crippen LogP contribution is -2.37. The molecule has 2 amide bonds. The molecule has 0 radical (unpaired) electrons. The van der Waals surface area contributed by atoms with Gasteiger partial charge in [0, 0.05) is 18.1 Å². The zero-order chi connectivity index (χ0) is 15.6. The van der Waals surface area contributed by atoms with Gasteiger partial charge in [-0.05, 0) is 17.0 Å². The van der Waals surface area contributed by atoms with Crippen LogP contribution in [0.3, 0.4) is 0 Å². The van der Waals surface area contributed by atoms with Crippen molar-refractivity contribution in [2.24, 2.45) is 0 Å². The highest BCUT2D eigenvalue weighted by atomic mass is 32.2. The van der Waals surface area contributed by atoms with Gasteiger partial charge in [-0.3, -0.25) is 9.59 Å². The molecule has 2 aromatic rings. The van der Waals surface area contributed by atoms with E-state index in [4.69, 9.17) is 0 Å². The third-order valence-corrected chi connectivity index (χ3v) is 4.73. The summed E-state index contributed by atoms with van der Waals surface area (Å²) in [4.78, 5) is 23.9. The number of thioether (sulfide) groups is 1. The molecular formula is C16H18N2O2S2. The number of hydrogen-bond donors (Lipinski definition) is 2. The molecule has 1 aromatic heterocycles. The first kappa shape index (κ1) is 16.6. The summed E-state index contributed by atoms with van der Waals surface area (Å²) >= 11 is 3.13. The summed E-state index contributed by atoms with van der Waals surface area (Å²) in [6.45, 7) is 0.616. The summed E-state index contributed by atoms with van der Waals surface area (Å²) in [5, 5.41) is 7.23. The van der Waals surface area contributed by atoms with Crippen LogP contribution in [-0.4, -0.2) is 30.7 Å². The Morgan fingerprint density at radius 1 is 1.05 bits per heavy atom. The molecule has 0 unspecified atom stereocenters. The van der Waals surface area contributed by atoms with Crippen LogP contribution in [0.15, 0.2) is 47.8 Å². The number of carbonyl (C=O) groups is 2. The fraction of sp³-hybridized carbons (Fsp3) is 0.250. The Kier molecular flexibility index (Phi) is 6.99. The Morgan fingerprint density at radius 2 is 1.86 bits per heavy atom. The van der Waals surface area contributed by atoms with Crippen LogP contribution in [0.2, 0.25) is 0 Å². The number of rotatable bonds is 8. The third kappa shape index (κ3) is 5.91. The Bertz CT molecular complexity index is 585. The van der Waals surface area contributed by atoms with E-state index < -0.39 is 0 Å². The van der Waals surface area contributed by atoms with Crippen molar-refractivity contribution in [3.05, 3.63) is 58.3 Å². The van der Waals surface area contributed by atoms with E-state index in [1.165, 1.54) is 16.9 Å². The molecule has 0 aliphatic rings. The van der Waals surface area contributed by atoms with Gasteiger partial charge in [-0.15, -0.1) is 11.3 Å². The summed E-state index contributed by atoms with van der Waals surface area (Å²) in [6.07, 6.45) is 0. The molecule has 116 valence electrons. The molecule has 0 aliphatic carbocycles. The maximum atomic E-state index is 11.7. The minimum absolute atomic E-state index is 0.0140. The number of amides is 2.